The van der Waals surface area contributed by atoms with Gasteiger partial charge in [-0.2, -0.15) is 0 Å². The van der Waals surface area contributed by atoms with Crippen molar-refractivity contribution >= 4 is 32.9 Å². The second-order valence-electron chi connectivity index (χ2n) is 5.67. The maximum Gasteiger partial charge on any atom is 0.201 e. The molecule has 0 saturated carbocycles. The van der Waals surface area contributed by atoms with E-state index in [4.69, 9.17) is 5.73 Å². The van der Waals surface area contributed by atoms with E-state index in [2.05, 4.69) is 32.7 Å². The maximum atomic E-state index is 13.8. The van der Waals surface area contributed by atoms with Crippen molar-refractivity contribution in [1.29, 1.82) is 0 Å². The molecule has 0 amide bonds. The van der Waals surface area contributed by atoms with Gasteiger partial charge in [0.2, 0.25) is 5.95 Å². The fourth-order valence-corrected chi connectivity index (χ4v) is 3.54. The lowest BCUT2D eigenvalue weighted by Gasteiger charge is -2.33. The lowest BCUT2D eigenvalue weighted by molar-refractivity contribution is 0.189. The van der Waals surface area contributed by atoms with E-state index in [1.165, 1.54) is 12.5 Å². The summed E-state index contributed by atoms with van der Waals surface area (Å²) in [5.41, 5.74) is 7.62. The summed E-state index contributed by atoms with van der Waals surface area (Å²) in [4.78, 5) is 6.85. The number of imidazole rings is 1. The molecule has 2 heterocycles. The van der Waals surface area contributed by atoms with Crippen molar-refractivity contribution < 1.29 is 4.39 Å². The van der Waals surface area contributed by atoms with E-state index in [9.17, 15) is 4.39 Å². The Hall–Kier alpha value is -1.14. The molecule has 2 aromatic rings. The highest BCUT2D eigenvalue weighted by molar-refractivity contribution is 9.10. The van der Waals surface area contributed by atoms with Crippen LogP contribution in [0.5, 0.6) is 0 Å². The van der Waals surface area contributed by atoms with Crippen molar-refractivity contribution in [2.75, 3.05) is 25.4 Å². The van der Waals surface area contributed by atoms with Crippen LogP contribution in [0.25, 0.3) is 11.0 Å². The molecule has 21 heavy (non-hydrogen) atoms. The first-order chi connectivity index (χ1) is 10.1. The quantitative estimate of drug-likeness (QED) is 0.916. The van der Waals surface area contributed by atoms with Gasteiger partial charge < -0.3 is 15.2 Å². The Bertz CT molecular complexity index is 647. The van der Waals surface area contributed by atoms with Gasteiger partial charge in [0, 0.05) is 25.2 Å². The molecule has 0 aliphatic carbocycles. The van der Waals surface area contributed by atoms with E-state index in [1.807, 2.05) is 4.57 Å². The molecule has 1 aliphatic heterocycles. The third-order valence-electron chi connectivity index (χ3n) is 4.22. The molecule has 1 saturated heterocycles. The molecule has 0 radical (unpaired) electrons. The van der Waals surface area contributed by atoms with Crippen LogP contribution in [-0.4, -0.2) is 34.1 Å². The fraction of sp³-hybridized carbons (Fsp3) is 0.533. The Balaban J connectivity index is 1.90. The predicted molar refractivity (Wildman–Crippen MR) is 86.8 cm³/mol. The van der Waals surface area contributed by atoms with Gasteiger partial charge in [-0.3, -0.25) is 0 Å². The van der Waals surface area contributed by atoms with Gasteiger partial charge in [0.25, 0.3) is 0 Å². The van der Waals surface area contributed by atoms with Gasteiger partial charge in [-0.25, -0.2) is 9.37 Å². The van der Waals surface area contributed by atoms with E-state index < -0.39 is 0 Å². The van der Waals surface area contributed by atoms with Crippen LogP contribution in [0.4, 0.5) is 10.3 Å². The van der Waals surface area contributed by atoms with E-state index in [0.29, 0.717) is 16.5 Å². The zero-order valence-corrected chi connectivity index (χ0v) is 13.7. The van der Waals surface area contributed by atoms with Crippen LogP contribution in [0.3, 0.4) is 0 Å². The smallest absolute Gasteiger partial charge is 0.201 e. The van der Waals surface area contributed by atoms with Crippen molar-refractivity contribution in [3.63, 3.8) is 0 Å². The van der Waals surface area contributed by atoms with Gasteiger partial charge in [-0.05, 0) is 47.8 Å². The first-order valence-corrected chi connectivity index (χ1v) is 8.24. The van der Waals surface area contributed by atoms with Gasteiger partial charge in [0.15, 0.2) is 0 Å². The van der Waals surface area contributed by atoms with Crippen LogP contribution in [0.2, 0.25) is 0 Å². The second-order valence-corrected chi connectivity index (χ2v) is 6.52. The number of halogens is 2. The Morgan fingerprint density at radius 1 is 1.38 bits per heavy atom. The zero-order valence-electron chi connectivity index (χ0n) is 12.1. The van der Waals surface area contributed by atoms with Crippen LogP contribution in [0.15, 0.2) is 16.6 Å². The molecule has 1 aromatic carbocycles. The molecule has 1 fully saturated rings. The number of likely N-dealkylation sites (tertiary alicyclic amines) is 1. The largest absolute Gasteiger partial charge is 0.369 e. The van der Waals surface area contributed by atoms with Gasteiger partial charge in [-0.1, -0.05) is 6.92 Å². The third kappa shape index (κ3) is 2.79. The van der Waals surface area contributed by atoms with E-state index in [1.54, 1.807) is 6.07 Å². The summed E-state index contributed by atoms with van der Waals surface area (Å²) in [7, 11) is 0. The summed E-state index contributed by atoms with van der Waals surface area (Å²) >= 11 is 3.20. The number of fused-ring (bicyclic) bond motifs is 1. The minimum absolute atomic E-state index is 0.271. The molecule has 114 valence electrons. The topological polar surface area (TPSA) is 47.1 Å². The number of nitrogen functional groups attached to an aromatic ring is 1. The molecular weight excluding hydrogens is 335 g/mol. The molecule has 4 nitrogen and oxygen atoms in total. The number of hydrogen-bond acceptors (Lipinski definition) is 3. The maximum absolute atomic E-state index is 13.8. The summed E-state index contributed by atoms with van der Waals surface area (Å²) in [5.74, 6) is 0.212. The van der Waals surface area contributed by atoms with Crippen molar-refractivity contribution in [3.8, 4) is 0 Å². The number of nitrogens with zero attached hydrogens (tertiary/aromatic N) is 3. The van der Waals surface area contributed by atoms with Crippen LogP contribution in [0.1, 0.15) is 32.2 Å². The molecule has 3 rings (SSSR count). The summed E-state index contributed by atoms with van der Waals surface area (Å²) in [6.07, 6.45) is 3.25. The molecule has 1 aromatic heterocycles. The standard InChI is InChI=1S/C15H20BrFN4/c1-2-5-20-6-3-10(4-7-20)21-14-9-12(17)11(16)8-13(14)19-15(21)18/h8-10H,2-7H2,1H3,(H2,18,19). The van der Waals surface area contributed by atoms with Crippen molar-refractivity contribution in [2.24, 2.45) is 0 Å². The molecule has 0 spiro atoms. The second kappa shape index (κ2) is 5.93. The highest BCUT2D eigenvalue weighted by Crippen LogP contribution is 2.32. The Kier molecular flexibility index (Phi) is 4.17. The zero-order chi connectivity index (χ0) is 15.0. The molecule has 0 unspecified atom stereocenters. The van der Waals surface area contributed by atoms with Gasteiger partial charge in [-0.15, -0.1) is 0 Å². The third-order valence-corrected chi connectivity index (χ3v) is 4.83. The minimum atomic E-state index is -0.271. The Labute approximate surface area is 132 Å². The summed E-state index contributed by atoms with van der Waals surface area (Å²) < 4.78 is 16.3. The summed E-state index contributed by atoms with van der Waals surface area (Å²) in [5, 5.41) is 0. The summed E-state index contributed by atoms with van der Waals surface area (Å²) in [6, 6.07) is 3.54. The number of hydrogen-bond donors (Lipinski definition) is 1. The normalized spacial score (nSPS) is 17.7. The number of rotatable bonds is 3. The van der Waals surface area contributed by atoms with Gasteiger partial charge in [0.05, 0.1) is 15.5 Å². The Morgan fingerprint density at radius 3 is 2.76 bits per heavy atom. The van der Waals surface area contributed by atoms with E-state index >= 15 is 0 Å². The van der Waals surface area contributed by atoms with Crippen molar-refractivity contribution in [3.05, 3.63) is 22.4 Å². The average molecular weight is 355 g/mol. The minimum Gasteiger partial charge on any atom is -0.369 e. The van der Waals surface area contributed by atoms with Crippen LogP contribution in [-0.2, 0) is 0 Å². The number of piperidine rings is 1. The van der Waals surface area contributed by atoms with Crippen molar-refractivity contribution in [1.82, 2.24) is 14.5 Å². The molecule has 6 heteroatoms. The highest BCUT2D eigenvalue weighted by atomic mass is 79.9. The monoisotopic (exact) mass is 354 g/mol. The lowest BCUT2D eigenvalue weighted by Crippen LogP contribution is -2.35. The number of anilines is 1. The van der Waals surface area contributed by atoms with Crippen LogP contribution in [0, 0.1) is 5.82 Å². The van der Waals surface area contributed by atoms with Gasteiger partial charge >= 0.3 is 0 Å². The number of aromatic nitrogens is 2. The lowest BCUT2D eigenvalue weighted by atomic mass is 10.0. The van der Waals surface area contributed by atoms with Crippen LogP contribution >= 0.6 is 15.9 Å². The summed E-state index contributed by atoms with van der Waals surface area (Å²) in [6.45, 7) is 5.48. The fourth-order valence-electron chi connectivity index (χ4n) is 3.21. The average Bonchev–Trinajstić information content (AvgIpc) is 2.76. The molecule has 0 atom stereocenters. The van der Waals surface area contributed by atoms with E-state index in [-0.39, 0.29) is 5.82 Å². The first kappa shape index (κ1) is 14.8. The number of nitrogens with two attached hydrogens (primary N) is 1. The predicted octanol–water partition coefficient (Wildman–Crippen LogP) is 3.57. The number of benzene rings is 1. The molecular formula is C15H20BrFN4. The van der Waals surface area contributed by atoms with E-state index in [0.717, 1.165) is 43.5 Å². The van der Waals surface area contributed by atoms with Gasteiger partial charge in [0.1, 0.15) is 5.82 Å². The first-order valence-electron chi connectivity index (χ1n) is 7.45. The Morgan fingerprint density at radius 2 is 2.10 bits per heavy atom. The molecule has 1 aliphatic rings. The highest BCUT2D eigenvalue weighted by Gasteiger charge is 2.24. The SMILES string of the molecule is CCCN1CCC(n2c(N)nc3cc(Br)c(F)cc32)CC1. The molecule has 2 N–H and O–H groups in total. The van der Waals surface area contributed by atoms with Crippen LogP contribution < -0.4 is 5.73 Å². The molecule has 0 bridgehead atoms. The van der Waals surface area contributed by atoms with Crippen molar-refractivity contribution in [2.45, 2.75) is 32.2 Å².